The van der Waals surface area contributed by atoms with Crippen molar-refractivity contribution >= 4 is 29.7 Å². The molecular formula is C21H24FN5O4. The molecule has 3 rings (SSSR count). The van der Waals surface area contributed by atoms with Gasteiger partial charge in [-0.2, -0.15) is 0 Å². The highest BCUT2D eigenvalue weighted by molar-refractivity contribution is 5.92. The molecule has 1 aromatic heterocycles. The molecule has 0 bridgehead atoms. The smallest absolute Gasteiger partial charge is 0.409 e. The summed E-state index contributed by atoms with van der Waals surface area (Å²) in [5.74, 6) is -0.639. The summed E-state index contributed by atoms with van der Waals surface area (Å²) < 4.78 is 19.0. The van der Waals surface area contributed by atoms with E-state index < -0.39 is 5.82 Å². The first-order valence-electron chi connectivity index (χ1n) is 9.72. The lowest BCUT2D eigenvalue weighted by atomic mass is 10.1. The number of Topliss-reactive ketones (excluding diaryl/α,β-unsaturated/α-hetero) is 1. The van der Waals surface area contributed by atoms with Gasteiger partial charge in [-0.3, -0.25) is 24.9 Å². The van der Waals surface area contributed by atoms with Crippen LogP contribution < -0.4 is 10.4 Å². The molecule has 2 heterocycles. The Morgan fingerprint density at radius 2 is 1.97 bits per heavy atom. The number of benzene rings is 1. The van der Waals surface area contributed by atoms with E-state index in [2.05, 4.69) is 15.3 Å². The average Bonchev–Trinajstić information content (AvgIpc) is 2.77. The van der Waals surface area contributed by atoms with Crippen LogP contribution in [0.15, 0.2) is 36.5 Å². The molecule has 1 N–H and O–H groups in total. The number of hydrazine groups is 1. The lowest BCUT2D eigenvalue weighted by Crippen LogP contribution is -2.48. The molecule has 0 aliphatic carbocycles. The van der Waals surface area contributed by atoms with Gasteiger partial charge in [0.05, 0.1) is 24.7 Å². The van der Waals surface area contributed by atoms with Gasteiger partial charge in [0.1, 0.15) is 11.5 Å². The van der Waals surface area contributed by atoms with Crippen molar-refractivity contribution in [2.24, 2.45) is 0 Å². The molecule has 0 unspecified atom stereocenters. The molecule has 1 aliphatic rings. The first-order valence-corrected chi connectivity index (χ1v) is 9.72. The van der Waals surface area contributed by atoms with Crippen LogP contribution in [0.3, 0.4) is 0 Å². The van der Waals surface area contributed by atoms with E-state index in [1.807, 2.05) is 0 Å². The Morgan fingerprint density at radius 1 is 1.23 bits per heavy atom. The number of methoxy groups -OCH3 is 1. The van der Waals surface area contributed by atoms with Gasteiger partial charge < -0.3 is 9.64 Å². The second-order valence-electron chi connectivity index (χ2n) is 7.13. The summed E-state index contributed by atoms with van der Waals surface area (Å²) in [7, 11) is 1.35. The molecule has 0 saturated carbocycles. The largest absolute Gasteiger partial charge is 0.453 e. The Hall–Kier alpha value is -3.53. The van der Waals surface area contributed by atoms with Crippen molar-refractivity contribution in [2.75, 3.05) is 43.7 Å². The number of amides is 2. The fraction of sp³-hybridized carbons (Fsp3) is 0.333. The minimum Gasteiger partial charge on any atom is -0.453 e. The van der Waals surface area contributed by atoms with Crippen LogP contribution in [-0.4, -0.2) is 66.4 Å². The lowest BCUT2D eigenvalue weighted by Gasteiger charge is -2.33. The van der Waals surface area contributed by atoms with E-state index in [0.717, 1.165) is 5.01 Å². The van der Waals surface area contributed by atoms with Crippen LogP contribution in [0.5, 0.6) is 0 Å². The molecule has 0 radical (unpaired) electrons. The standard InChI is InChI=1S/C21H24FN5O4/c1-15(29)20-4-3-18(12-23-20)24-27(14-28)19-10-16(9-17(22)11-19)13-25-5-7-26(8-6-25)21(30)31-2/h3-4,9-12,14,24H,5-8,13H2,1-2H3. The Labute approximate surface area is 179 Å². The number of ether oxygens (including phenoxy) is 1. The SMILES string of the molecule is COC(=O)N1CCN(Cc2cc(F)cc(N(C=O)Nc3ccc(C(C)=O)nc3)c2)CC1. The molecule has 2 aromatic rings. The number of piperazine rings is 1. The molecule has 164 valence electrons. The van der Waals surface area contributed by atoms with Crippen LogP contribution in [0.1, 0.15) is 23.0 Å². The van der Waals surface area contributed by atoms with Crippen LogP contribution in [-0.2, 0) is 16.1 Å². The summed E-state index contributed by atoms with van der Waals surface area (Å²) in [4.78, 5) is 42.3. The van der Waals surface area contributed by atoms with Crippen LogP contribution in [0, 0.1) is 5.82 Å². The number of nitrogens with one attached hydrogen (secondary N) is 1. The van der Waals surface area contributed by atoms with E-state index >= 15 is 0 Å². The lowest BCUT2D eigenvalue weighted by molar-refractivity contribution is -0.107. The number of aromatic nitrogens is 1. The van der Waals surface area contributed by atoms with Crippen molar-refractivity contribution in [1.29, 1.82) is 0 Å². The Morgan fingerprint density at radius 3 is 2.55 bits per heavy atom. The predicted octanol–water partition coefficient (Wildman–Crippen LogP) is 2.30. The number of halogens is 1. The topological polar surface area (TPSA) is 95.1 Å². The third kappa shape index (κ3) is 5.76. The summed E-state index contributed by atoms with van der Waals surface area (Å²) in [5.41, 5.74) is 4.65. The normalized spacial score (nSPS) is 14.1. The van der Waals surface area contributed by atoms with Gasteiger partial charge in [-0.15, -0.1) is 0 Å². The van der Waals surface area contributed by atoms with Crippen LogP contribution in [0.25, 0.3) is 0 Å². The Bertz CT molecular complexity index is 945. The Balaban J connectivity index is 1.68. The second kappa shape index (κ2) is 9.98. The van der Waals surface area contributed by atoms with E-state index in [1.165, 1.54) is 32.4 Å². The zero-order valence-corrected chi connectivity index (χ0v) is 17.4. The average molecular weight is 429 g/mol. The third-order valence-corrected chi connectivity index (χ3v) is 4.91. The number of hydrogen-bond donors (Lipinski definition) is 1. The van der Waals surface area contributed by atoms with Gasteiger partial charge in [-0.25, -0.2) is 14.2 Å². The van der Waals surface area contributed by atoms with E-state index in [4.69, 9.17) is 4.74 Å². The minimum absolute atomic E-state index is 0.166. The maximum absolute atomic E-state index is 14.3. The van der Waals surface area contributed by atoms with Gasteiger partial charge in [0.2, 0.25) is 6.41 Å². The maximum atomic E-state index is 14.3. The van der Waals surface area contributed by atoms with Gasteiger partial charge in [0.15, 0.2) is 5.78 Å². The minimum atomic E-state index is -0.473. The van der Waals surface area contributed by atoms with Gasteiger partial charge in [0, 0.05) is 39.6 Å². The molecule has 1 aliphatic heterocycles. The summed E-state index contributed by atoms with van der Waals surface area (Å²) in [6.07, 6.45) is 1.60. The maximum Gasteiger partial charge on any atom is 0.409 e. The van der Waals surface area contributed by atoms with Gasteiger partial charge >= 0.3 is 6.09 Å². The van der Waals surface area contributed by atoms with Crippen molar-refractivity contribution in [3.63, 3.8) is 0 Å². The summed E-state index contributed by atoms with van der Waals surface area (Å²) in [5, 5.41) is 1.15. The van der Waals surface area contributed by atoms with Crippen molar-refractivity contribution < 1.29 is 23.5 Å². The molecule has 1 fully saturated rings. The van der Waals surface area contributed by atoms with Crippen molar-refractivity contribution in [3.8, 4) is 0 Å². The number of nitrogens with zero attached hydrogens (tertiary/aromatic N) is 4. The number of pyridine rings is 1. The molecule has 0 spiro atoms. The molecule has 10 heteroatoms. The van der Waals surface area contributed by atoms with Crippen molar-refractivity contribution in [3.05, 3.63) is 53.6 Å². The highest BCUT2D eigenvalue weighted by atomic mass is 19.1. The summed E-state index contributed by atoms with van der Waals surface area (Å²) in [6, 6.07) is 7.54. The number of carbonyl (C=O) groups excluding carboxylic acids is 3. The first-order chi connectivity index (χ1) is 14.9. The van der Waals surface area contributed by atoms with E-state index in [1.54, 1.807) is 23.1 Å². The van der Waals surface area contributed by atoms with Crippen LogP contribution in [0.2, 0.25) is 0 Å². The monoisotopic (exact) mass is 429 g/mol. The van der Waals surface area contributed by atoms with Crippen LogP contribution in [0.4, 0.5) is 20.6 Å². The quantitative estimate of drug-likeness (QED) is 0.410. The number of rotatable bonds is 7. The van der Waals surface area contributed by atoms with Gasteiger partial charge in [0.25, 0.3) is 0 Å². The third-order valence-electron chi connectivity index (χ3n) is 4.91. The van der Waals surface area contributed by atoms with Gasteiger partial charge in [-0.05, 0) is 35.9 Å². The van der Waals surface area contributed by atoms with Crippen molar-refractivity contribution in [2.45, 2.75) is 13.5 Å². The van der Waals surface area contributed by atoms with Crippen LogP contribution >= 0.6 is 0 Å². The fourth-order valence-corrected chi connectivity index (χ4v) is 3.30. The van der Waals surface area contributed by atoms with E-state index in [0.29, 0.717) is 61.8 Å². The first kappa shape index (κ1) is 22.2. The van der Waals surface area contributed by atoms with Crippen molar-refractivity contribution in [1.82, 2.24) is 14.8 Å². The molecular weight excluding hydrogens is 405 g/mol. The molecule has 2 amide bonds. The highest BCUT2D eigenvalue weighted by Gasteiger charge is 2.22. The van der Waals surface area contributed by atoms with E-state index in [-0.39, 0.29) is 11.9 Å². The zero-order chi connectivity index (χ0) is 22.4. The fourth-order valence-electron chi connectivity index (χ4n) is 3.30. The summed E-state index contributed by atoms with van der Waals surface area (Å²) in [6.45, 7) is 4.20. The molecule has 1 saturated heterocycles. The highest BCUT2D eigenvalue weighted by Crippen LogP contribution is 2.21. The van der Waals surface area contributed by atoms with Gasteiger partial charge in [-0.1, -0.05) is 0 Å². The molecule has 0 atom stereocenters. The molecule has 1 aromatic carbocycles. The number of anilines is 2. The summed E-state index contributed by atoms with van der Waals surface area (Å²) >= 11 is 0. The molecule has 31 heavy (non-hydrogen) atoms. The number of ketones is 1. The second-order valence-corrected chi connectivity index (χ2v) is 7.13. The number of hydrogen-bond acceptors (Lipinski definition) is 7. The number of carbonyl (C=O) groups is 3. The predicted molar refractivity (Wildman–Crippen MR) is 112 cm³/mol. The Kier molecular flexibility index (Phi) is 7.14. The molecule has 9 nitrogen and oxygen atoms in total. The van der Waals surface area contributed by atoms with E-state index in [9.17, 15) is 18.8 Å². The zero-order valence-electron chi connectivity index (χ0n) is 17.4.